The molecule has 1 aliphatic heterocycles. The molecule has 0 spiro atoms. The van der Waals surface area contributed by atoms with E-state index < -0.39 is 11.8 Å². The lowest BCUT2D eigenvalue weighted by Gasteiger charge is -2.27. The van der Waals surface area contributed by atoms with Crippen molar-refractivity contribution >= 4 is 29.3 Å². The number of morpholine rings is 1. The molecule has 27 heavy (non-hydrogen) atoms. The van der Waals surface area contributed by atoms with Crippen molar-refractivity contribution in [2.75, 3.05) is 53.0 Å². The molecule has 1 unspecified atom stereocenters. The molecule has 1 heterocycles. The van der Waals surface area contributed by atoms with Crippen molar-refractivity contribution in [1.82, 2.24) is 15.8 Å². The summed E-state index contributed by atoms with van der Waals surface area (Å²) in [5.74, 6) is -0.432. The normalized spacial score (nSPS) is 15.0. The number of hydrogen-bond acceptors (Lipinski definition) is 5. The number of rotatable bonds is 7. The van der Waals surface area contributed by atoms with Gasteiger partial charge in [-0.05, 0) is 24.3 Å². The molecule has 3 N–H and O–H groups in total. The van der Waals surface area contributed by atoms with Gasteiger partial charge in [0, 0.05) is 18.1 Å². The Hall–Kier alpha value is -2.36. The van der Waals surface area contributed by atoms with Crippen LogP contribution in [0.2, 0.25) is 5.02 Å². The van der Waals surface area contributed by atoms with Gasteiger partial charge in [0.2, 0.25) is 0 Å². The molecule has 1 saturated heterocycles. The van der Waals surface area contributed by atoms with Crippen molar-refractivity contribution in [1.29, 1.82) is 0 Å². The molecule has 2 rings (SSSR count). The second kappa shape index (κ2) is 10.7. The van der Waals surface area contributed by atoms with E-state index >= 15 is 0 Å². The Morgan fingerprint density at radius 1 is 1.11 bits per heavy atom. The molecule has 0 aliphatic carbocycles. The number of amides is 3. The second-order valence-corrected chi connectivity index (χ2v) is 6.58. The number of nitrogens with zero attached hydrogens (tertiary/aromatic N) is 1. The quantitative estimate of drug-likeness (QED) is 0.472. The fourth-order valence-electron chi connectivity index (χ4n) is 2.42. The van der Waals surface area contributed by atoms with E-state index in [1.807, 2.05) is 0 Å². The topological polar surface area (TPSA) is 101 Å². The van der Waals surface area contributed by atoms with Gasteiger partial charge >= 0.3 is 0 Å². The first-order valence-corrected chi connectivity index (χ1v) is 8.94. The highest BCUT2D eigenvalue weighted by atomic mass is 35.5. The summed E-state index contributed by atoms with van der Waals surface area (Å²) in [6.45, 7) is 2.21. The average molecular weight is 400 g/mol. The van der Waals surface area contributed by atoms with Crippen LogP contribution in [-0.2, 0) is 19.1 Å². The number of carbonyl (C=O) groups is 3. The lowest BCUT2D eigenvalue weighted by atomic mass is 10.3. The third-order valence-corrected chi connectivity index (χ3v) is 4.06. The zero-order valence-corrected chi connectivity index (χ0v) is 15.9. The summed E-state index contributed by atoms with van der Waals surface area (Å²) in [7, 11) is 1.74. The first-order valence-electron chi connectivity index (χ1n) is 8.57. The van der Waals surface area contributed by atoms with Crippen LogP contribution in [0.3, 0.4) is 0 Å². The summed E-state index contributed by atoms with van der Waals surface area (Å²) in [5.41, 5.74) is 4.58. The second-order valence-electron chi connectivity index (χ2n) is 6.14. The Kier molecular flexibility index (Phi) is 8.31. The number of hydrazine groups is 1. The Bertz CT molecular complexity index is 649. The van der Waals surface area contributed by atoms with Gasteiger partial charge in [0.25, 0.3) is 17.7 Å². The molecule has 1 aromatic carbocycles. The number of halogens is 1. The van der Waals surface area contributed by atoms with Crippen molar-refractivity contribution in [2.24, 2.45) is 0 Å². The van der Waals surface area contributed by atoms with Crippen LogP contribution in [0.4, 0.5) is 0 Å². The van der Waals surface area contributed by atoms with Crippen LogP contribution in [0, 0.1) is 0 Å². The summed E-state index contributed by atoms with van der Waals surface area (Å²) in [6.07, 6.45) is 0. The van der Waals surface area contributed by atoms with E-state index in [1.54, 1.807) is 36.2 Å². The van der Waals surface area contributed by atoms with Crippen molar-refractivity contribution in [3.05, 3.63) is 29.3 Å². The maximum Gasteiger partial charge on any atom is 0.293 e. The molecular weight excluding hydrogens is 376 g/mol. The van der Waals surface area contributed by atoms with Gasteiger partial charge < -0.3 is 19.3 Å². The molecule has 1 aliphatic rings. The predicted molar refractivity (Wildman–Crippen MR) is 97.3 cm³/mol. The molecule has 0 saturated carbocycles. The van der Waals surface area contributed by atoms with E-state index in [0.717, 1.165) is 4.90 Å². The number of hydrogen-bond donors (Lipinski definition) is 3. The van der Waals surface area contributed by atoms with Crippen LogP contribution in [0.15, 0.2) is 24.3 Å². The van der Waals surface area contributed by atoms with E-state index in [0.29, 0.717) is 37.1 Å². The molecule has 148 valence electrons. The minimum absolute atomic E-state index is 0.0241. The fraction of sp³-hybridized carbons (Fsp3) is 0.471. The standard InChI is InChI=1S/C17H23ClN4O5/c1-21(11-17(25)22-6-8-26-9-7-22)10-15(23)19-20-16(24)12-27-14-4-2-13(18)3-5-14/h2-5H,6-12H2,1H3,(H,19,23)(H,20,24)/p+1. The molecule has 3 amide bonds. The summed E-state index contributed by atoms with van der Waals surface area (Å²) >= 11 is 5.76. The number of nitrogens with one attached hydrogen (secondary N) is 3. The maximum atomic E-state index is 12.1. The summed E-state index contributed by atoms with van der Waals surface area (Å²) in [5, 5.41) is 0.567. The zero-order valence-electron chi connectivity index (χ0n) is 15.1. The van der Waals surface area contributed by atoms with Crippen molar-refractivity contribution < 1.29 is 28.8 Å². The van der Waals surface area contributed by atoms with Gasteiger partial charge in [0.15, 0.2) is 19.7 Å². The highest BCUT2D eigenvalue weighted by Gasteiger charge is 2.21. The number of ether oxygens (including phenoxy) is 2. The summed E-state index contributed by atoms with van der Waals surface area (Å²) < 4.78 is 10.5. The van der Waals surface area contributed by atoms with Gasteiger partial charge in [-0.1, -0.05) is 11.6 Å². The summed E-state index contributed by atoms with van der Waals surface area (Å²) in [4.78, 5) is 38.1. The molecule has 9 nitrogen and oxygen atoms in total. The van der Waals surface area contributed by atoms with E-state index in [4.69, 9.17) is 21.1 Å². The van der Waals surface area contributed by atoms with Gasteiger partial charge in [0.05, 0.1) is 20.3 Å². The van der Waals surface area contributed by atoms with Crippen LogP contribution in [0.1, 0.15) is 0 Å². The van der Waals surface area contributed by atoms with Gasteiger partial charge in [-0.15, -0.1) is 0 Å². The van der Waals surface area contributed by atoms with Crippen LogP contribution >= 0.6 is 11.6 Å². The average Bonchev–Trinajstić information content (AvgIpc) is 2.66. The fourth-order valence-corrected chi connectivity index (χ4v) is 2.54. The van der Waals surface area contributed by atoms with Crippen molar-refractivity contribution in [3.63, 3.8) is 0 Å². The van der Waals surface area contributed by atoms with E-state index in [9.17, 15) is 14.4 Å². The Morgan fingerprint density at radius 2 is 1.74 bits per heavy atom. The molecule has 1 fully saturated rings. The lowest BCUT2D eigenvalue weighted by molar-refractivity contribution is -0.863. The van der Waals surface area contributed by atoms with Gasteiger partial charge in [-0.25, -0.2) is 0 Å². The highest BCUT2D eigenvalue weighted by molar-refractivity contribution is 6.30. The minimum Gasteiger partial charge on any atom is -0.484 e. The number of quaternary nitrogens is 1. The monoisotopic (exact) mass is 399 g/mol. The highest BCUT2D eigenvalue weighted by Crippen LogP contribution is 2.15. The first-order chi connectivity index (χ1) is 12.9. The van der Waals surface area contributed by atoms with Crippen LogP contribution in [-0.4, -0.2) is 75.7 Å². The Labute approximate surface area is 162 Å². The molecule has 0 aromatic heterocycles. The predicted octanol–water partition coefficient (Wildman–Crippen LogP) is -1.76. The van der Waals surface area contributed by atoms with Gasteiger partial charge in [-0.2, -0.15) is 0 Å². The SMILES string of the molecule is C[NH+](CC(=O)NNC(=O)COc1ccc(Cl)cc1)CC(=O)N1CCOCC1. The smallest absolute Gasteiger partial charge is 0.293 e. The molecule has 0 bridgehead atoms. The third-order valence-electron chi connectivity index (χ3n) is 3.80. The van der Waals surface area contributed by atoms with Crippen molar-refractivity contribution in [3.8, 4) is 5.75 Å². The lowest BCUT2D eigenvalue weighted by Crippen LogP contribution is -3.11. The number of carbonyl (C=O) groups excluding carboxylic acids is 3. The zero-order chi connectivity index (χ0) is 19.6. The molecule has 1 atom stereocenters. The molecular formula is C17H24ClN4O5+. The van der Waals surface area contributed by atoms with E-state index in [-0.39, 0.29) is 25.6 Å². The number of likely N-dealkylation sites (N-methyl/N-ethyl adjacent to an activating group) is 1. The molecule has 1 aromatic rings. The summed E-state index contributed by atoms with van der Waals surface area (Å²) in [6, 6.07) is 6.57. The van der Waals surface area contributed by atoms with E-state index in [1.165, 1.54) is 0 Å². The molecule has 10 heteroatoms. The van der Waals surface area contributed by atoms with Crippen LogP contribution in [0.25, 0.3) is 0 Å². The first kappa shape index (κ1) is 20.9. The van der Waals surface area contributed by atoms with E-state index in [2.05, 4.69) is 10.9 Å². The maximum absolute atomic E-state index is 12.1. The largest absolute Gasteiger partial charge is 0.484 e. The molecule has 0 radical (unpaired) electrons. The van der Waals surface area contributed by atoms with Crippen LogP contribution in [0.5, 0.6) is 5.75 Å². The third kappa shape index (κ3) is 7.81. The number of benzene rings is 1. The van der Waals surface area contributed by atoms with Gasteiger partial charge in [0.1, 0.15) is 5.75 Å². The Balaban J connectivity index is 1.62. The van der Waals surface area contributed by atoms with Gasteiger partial charge in [-0.3, -0.25) is 25.2 Å². The minimum atomic E-state index is -0.500. The van der Waals surface area contributed by atoms with Crippen LogP contribution < -0.4 is 20.5 Å². The van der Waals surface area contributed by atoms with Crippen molar-refractivity contribution in [2.45, 2.75) is 0 Å². The Morgan fingerprint density at radius 3 is 2.41 bits per heavy atom.